The van der Waals surface area contributed by atoms with E-state index in [1.807, 2.05) is 0 Å². The van der Waals surface area contributed by atoms with Crippen LogP contribution in [0.25, 0.3) is 6.08 Å². The van der Waals surface area contributed by atoms with Crippen LogP contribution in [0.4, 0.5) is 32.0 Å². The van der Waals surface area contributed by atoms with E-state index in [9.17, 15) is 31.1 Å². The van der Waals surface area contributed by atoms with Gasteiger partial charge in [0, 0.05) is 11.8 Å². The molecule has 0 spiro atoms. The lowest BCUT2D eigenvalue weighted by molar-refractivity contribution is -0.138. The van der Waals surface area contributed by atoms with Crippen molar-refractivity contribution in [3.8, 4) is 0 Å². The largest absolute Gasteiger partial charge is 0.417 e. The predicted octanol–water partition coefficient (Wildman–Crippen LogP) is 6.03. The number of benzene rings is 2. The highest BCUT2D eigenvalue weighted by Gasteiger charge is 2.33. The number of halogens is 7. The molecule has 0 fully saturated rings. The minimum Gasteiger partial charge on any atom is -0.322 e. The Morgan fingerprint density at radius 3 is 2.27 bits per heavy atom. The van der Waals surface area contributed by atoms with Crippen LogP contribution in [0.1, 0.15) is 16.7 Å². The van der Waals surface area contributed by atoms with Crippen LogP contribution >= 0.6 is 11.6 Å². The van der Waals surface area contributed by atoms with Crippen molar-refractivity contribution in [3.63, 3.8) is 0 Å². The van der Waals surface area contributed by atoms with Crippen LogP contribution in [0.5, 0.6) is 0 Å². The molecule has 2 aromatic rings. The van der Waals surface area contributed by atoms with Crippen LogP contribution in [0.15, 0.2) is 48.5 Å². The van der Waals surface area contributed by atoms with Crippen LogP contribution in [0, 0.1) is 0 Å². The molecule has 0 saturated heterocycles. The van der Waals surface area contributed by atoms with Gasteiger partial charge in [0.25, 0.3) is 0 Å². The summed E-state index contributed by atoms with van der Waals surface area (Å²) in [4.78, 5) is 11.8. The summed E-state index contributed by atoms with van der Waals surface area (Å²) in [6.07, 6.45) is -7.18. The lowest BCUT2D eigenvalue weighted by Crippen LogP contribution is -2.11. The van der Waals surface area contributed by atoms with Crippen LogP contribution in [-0.2, 0) is 17.1 Å². The molecule has 0 saturated carbocycles. The summed E-state index contributed by atoms with van der Waals surface area (Å²) in [6.45, 7) is 0. The molecule has 0 atom stereocenters. The molecule has 0 heterocycles. The van der Waals surface area contributed by atoms with Crippen molar-refractivity contribution in [2.45, 2.75) is 12.4 Å². The van der Waals surface area contributed by atoms with E-state index in [2.05, 4.69) is 5.32 Å². The quantitative estimate of drug-likeness (QED) is 0.500. The summed E-state index contributed by atoms with van der Waals surface area (Å²) in [6, 6.07) is 7.07. The van der Waals surface area contributed by atoms with Gasteiger partial charge in [-0.3, -0.25) is 4.79 Å². The average Bonchev–Trinajstić information content (AvgIpc) is 2.53. The molecule has 0 aliphatic rings. The number of hydrogen-bond acceptors (Lipinski definition) is 1. The molecule has 0 aliphatic carbocycles. The van der Waals surface area contributed by atoms with Crippen molar-refractivity contribution in [2.24, 2.45) is 0 Å². The van der Waals surface area contributed by atoms with Crippen molar-refractivity contribution in [3.05, 3.63) is 70.3 Å². The van der Waals surface area contributed by atoms with E-state index in [4.69, 9.17) is 11.6 Å². The van der Waals surface area contributed by atoms with E-state index in [1.54, 1.807) is 0 Å². The van der Waals surface area contributed by atoms with E-state index < -0.39 is 34.4 Å². The van der Waals surface area contributed by atoms with Gasteiger partial charge in [0.05, 0.1) is 16.1 Å². The minimum absolute atomic E-state index is 0.113. The lowest BCUT2D eigenvalue weighted by Gasteiger charge is -2.11. The van der Waals surface area contributed by atoms with Crippen LogP contribution in [0.3, 0.4) is 0 Å². The summed E-state index contributed by atoms with van der Waals surface area (Å²) >= 11 is 5.47. The monoisotopic (exact) mass is 393 g/mol. The Morgan fingerprint density at radius 1 is 0.962 bits per heavy atom. The molecule has 9 heteroatoms. The fraction of sp³-hybridized carbons (Fsp3) is 0.118. The number of rotatable bonds is 3. The summed E-state index contributed by atoms with van der Waals surface area (Å²) in [7, 11) is 0. The van der Waals surface area contributed by atoms with E-state index in [0.717, 1.165) is 30.4 Å². The number of nitrogens with one attached hydrogen (secondary N) is 1. The molecule has 138 valence electrons. The van der Waals surface area contributed by atoms with E-state index in [0.29, 0.717) is 6.07 Å². The first-order valence-electron chi connectivity index (χ1n) is 7.00. The Kier molecular flexibility index (Phi) is 5.65. The molecule has 26 heavy (non-hydrogen) atoms. The Hall–Kier alpha value is -2.48. The number of carbonyl (C=O) groups excluding carboxylic acids is 1. The zero-order valence-corrected chi connectivity index (χ0v) is 13.5. The first kappa shape index (κ1) is 19.8. The first-order valence-corrected chi connectivity index (χ1v) is 7.38. The summed E-state index contributed by atoms with van der Waals surface area (Å²) < 4.78 is 76.1. The normalized spacial score (nSPS) is 12.4. The molecule has 2 nitrogen and oxygen atoms in total. The molecule has 1 amide bonds. The fourth-order valence-corrected chi connectivity index (χ4v) is 2.22. The Bertz CT molecular complexity index is 842. The number of carbonyl (C=O) groups is 1. The van der Waals surface area contributed by atoms with Gasteiger partial charge < -0.3 is 5.32 Å². The molecule has 2 aromatic carbocycles. The van der Waals surface area contributed by atoms with Gasteiger partial charge in [-0.15, -0.1) is 0 Å². The Labute approximate surface area is 149 Å². The number of hydrogen-bond donors (Lipinski definition) is 1. The second-order valence-electron chi connectivity index (χ2n) is 5.14. The highest BCUT2D eigenvalue weighted by molar-refractivity contribution is 6.31. The Balaban J connectivity index is 2.13. The van der Waals surface area contributed by atoms with Gasteiger partial charge in [-0.05, 0) is 42.0 Å². The third kappa shape index (κ3) is 5.26. The lowest BCUT2D eigenvalue weighted by atomic mass is 10.1. The summed E-state index contributed by atoms with van der Waals surface area (Å²) in [5.41, 5.74) is -2.03. The van der Waals surface area contributed by atoms with E-state index in [-0.39, 0.29) is 11.3 Å². The average molecular weight is 394 g/mol. The van der Waals surface area contributed by atoms with E-state index in [1.165, 1.54) is 18.2 Å². The maximum atomic E-state index is 12.8. The maximum absolute atomic E-state index is 12.8. The van der Waals surface area contributed by atoms with Crippen molar-refractivity contribution in [2.75, 3.05) is 5.32 Å². The number of anilines is 1. The minimum atomic E-state index is -4.69. The highest BCUT2D eigenvalue weighted by atomic mass is 35.5. The standard InChI is InChI=1S/C17H10ClF6NO/c18-14-6-5-12(9-13(14)17(22,23)24)25-15(26)7-4-10-2-1-3-11(8-10)16(19,20)21/h1-9H,(H,25,26)/b7-4+. The van der Waals surface area contributed by atoms with Gasteiger partial charge in [0.1, 0.15) is 0 Å². The molecular weight excluding hydrogens is 384 g/mol. The highest BCUT2D eigenvalue weighted by Crippen LogP contribution is 2.36. The second kappa shape index (κ2) is 7.41. The molecular formula is C17H10ClF6NO. The van der Waals surface area contributed by atoms with Gasteiger partial charge in [-0.25, -0.2) is 0 Å². The van der Waals surface area contributed by atoms with Crippen LogP contribution < -0.4 is 5.32 Å². The molecule has 0 bridgehead atoms. The van der Waals surface area contributed by atoms with Gasteiger partial charge in [0.15, 0.2) is 0 Å². The first-order chi connectivity index (χ1) is 12.0. The van der Waals surface area contributed by atoms with E-state index >= 15 is 0 Å². The molecule has 0 unspecified atom stereocenters. The number of amides is 1. The second-order valence-corrected chi connectivity index (χ2v) is 5.55. The smallest absolute Gasteiger partial charge is 0.322 e. The van der Waals surface area contributed by atoms with Gasteiger partial charge in [-0.1, -0.05) is 23.7 Å². The maximum Gasteiger partial charge on any atom is 0.417 e. The molecule has 0 aliphatic heterocycles. The zero-order chi connectivity index (χ0) is 19.5. The van der Waals surface area contributed by atoms with Gasteiger partial charge in [-0.2, -0.15) is 26.3 Å². The van der Waals surface area contributed by atoms with Crippen molar-refractivity contribution < 1.29 is 31.1 Å². The Morgan fingerprint density at radius 2 is 1.65 bits per heavy atom. The predicted molar refractivity (Wildman–Crippen MR) is 85.6 cm³/mol. The SMILES string of the molecule is O=C(/C=C/c1cccc(C(F)(F)F)c1)Nc1ccc(Cl)c(C(F)(F)F)c1. The molecule has 0 radical (unpaired) electrons. The summed E-state index contributed by atoms with van der Waals surface area (Å²) in [5.74, 6) is -0.808. The van der Waals surface area contributed by atoms with Crippen molar-refractivity contribution in [1.29, 1.82) is 0 Å². The van der Waals surface area contributed by atoms with Crippen molar-refractivity contribution >= 4 is 29.3 Å². The molecule has 2 rings (SSSR count). The van der Waals surface area contributed by atoms with Gasteiger partial charge >= 0.3 is 12.4 Å². The van der Waals surface area contributed by atoms with Crippen LogP contribution in [0.2, 0.25) is 5.02 Å². The third-order valence-electron chi connectivity index (χ3n) is 3.18. The van der Waals surface area contributed by atoms with Crippen LogP contribution in [-0.4, -0.2) is 5.91 Å². The fourth-order valence-electron chi connectivity index (χ4n) is 1.99. The van der Waals surface area contributed by atoms with Gasteiger partial charge in [0.2, 0.25) is 5.91 Å². The van der Waals surface area contributed by atoms with Crippen molar-refractivity contribution in [1.82, 2.24) is 0 Å². The zero-order valence-electron chi connectivity index (χ0n) is 12.8. The molecule has 0 aromatic heterocycles. The third-order valence-corrected chi connectivity index (χ3v) is 3.51. The molecule has 1 N–H and O–H groups in total. The number of alkyl halides is 6. The topological polar surface area (TPSA) is 29.1 Å². The summed E-state index contributed by atoms with van der Waals surface area (Å²) in [5, 5.41) is 1.67.